The van der Waals surface area contributed by atoms with Crippen molar-refractivity contribution in [3.05, 3.63) is 71.8 Å². The van der Waals surface area contributed by atoms with Crippen LogP contribution in [0.4, 0.5) is 0 Å². The third kappa shape index (κ3) is 3.95. The Hall–Kier alpha value is -3.97. The number of nitrogens with zero attached hydrogens (tertiary/aromatic N) is 2. The molecular formula is C27H26N4O3. The lowest BCUT2D eigenvalue weighted by Gasteiger charge is -2.09. The van der Waals surface area contributed by atoms with Crippen LogP contribution in [-0.4, -0.2) is 47.4 Å². The number of rotatable bonds is 7. The van der Waals surface area contributed by atoms with E-state index in [-0.39, 0.29) is 11.9 Å². The number of esters is 1. The zero-order valence-corrected chi connectivity index (χ0v) is 19.2. The molecule has 3 N–H and O–H groups in total. The highest BCUT2D eigenvalue weighted by molar-refractivity contribution is 6.00. The summed E-state index contributed by atoms with van der Waals surface area (Å²) >= 11 is 0. The molecule has 5 rings (SSSR count). The van der Waals surface area contributed by atoms with Gasteiger partial charge in [0, 0.05) is 18.1 Å². The van der Waals surface area contributed by atoms with Crippen molar-refractivity contribution in [2.24, 2.45) is 5.73 Å². The highest BCUT2D eigenvalue weighted by Gasteiger charge is 2.34. The first kappa shape index (κ1) is 21.9. The van der Waals surface area contributed by atoms with Crippen molar-refractivity contribution in [3.8, 4) is 28.3 Å². The maximum atomic E-state index is 12.3. The first-order chi connectivity index (χ1) is 16.4. The minimum absolute atomic E-state index is 0.254. The number of hydrogen-bond acceptors (Lipinski definition) is 5. The predicted octanol–water partition coefficient (Wildman–Crippen LogP) is 4.07. The quantitative estimate of drug-likeness (QED) is 0.324. The Morgan fingerprint density at radius 2 is 1.79 bits per heavy atom. The molecule has 0 saturated heterocycles. The van der Waals surface area contributed by atoms with Crippen molar-refractivity contribution in [2.75, 3.05) is 20.6 Å². The van der Waals surface area contributed by atoms with Crippen LogP contribution in [0.1, 0.15) is 29.9 Å². The summed E-state index contributed by atoms with van der Waals surface area (Å²) in [5, 5.41) is 0. The molecule has 7 nitrogen and oxygen atoms in total. The van der Waals surface area contributed by atoms with Gasteiger partial charge in [0.15, 0.2) is 0 Å². The molecule has 1 aliphatic carbocycles. The fourth-order valence-electron chi connectivity index (χ4n) is 4.66. The van der Waals surface area contributed by atoms with Gasteiger partial charge in [-0.05, 0) is 61.4 Å². The molecule has 4 aromatic rings. The number of carbonyl (C=O) groups excluding carboxylic acids is 2. The van der Waals surface area contributed by atoms with Crippen molar-refractivity contribution in [1.82, 2.24) is 14.9 Å². The lowest BCUT2D eigenvalue weighted by molar-refractivity contribution is -0.134. The van der Waals surface area contributed by atoms with Crippen molar-refractivity contribution in [3.63, 3.8) is 0 Å². The van der Waals surface area contributed by atoms with Crippen LogP contribution >= 0.6 is 0 Å². The summed E-state index contributed by atoms with van der Waals surface area (Å²) < 4.78 is 5.52. The predicted molar refractivity (Wildman–Crippen MR) is 131 cm³/mol. The van der Waals surface area contributed by atoms with Crippen LogP contribution in [0.15, 0.2) is 60.7 Å². The van der Waals surface area contributed by atoms with Crippen molar-refractivity contribution < 1.29 is 14.3 Å². The van der Waals surface area contributed by atoms with E-state index in [2.05, 4.69) is 4.98 Å². The molecule has 1 heterocycles. The van der Waals surface area contributed by atoms with E-state index in [0.717, 1.165) is 51.8 Å². The molecule has 1 atom stereocenters. The zero-order chi connectivity index (χ0) is 23.8. The number of amides is 1. The number of fused-ring (bicyclic) bond motifs is 4. The Labute approximate surface area is 197 Å². The van der Waals surface area contributed by atoms with Crippen molar-refractivity contribution in [2.45, 2.75) is 18.8 Å². The van der Waals surface area contributed by atoms with E-state index in [0.29, 0.717) is 18.0 Å². The average Bonchev–Trinajstić information content (AvgIpc) is 3.37. The topological polar surface area (TPSA) is 101 Å². The Bertz CT molecular complexity index is 1410. The number of carbonyl (C=O) groups is 2. The number of H-pyrrole nitrogens is 1. The number of benzene rings is 3. The van der Waals surface area contributed by atoms with Gasteiger partial charge in [-0.25, -0.2) is 4.98 Å². The van der Waals surface area contributed by atoms with E-state index in [9.17, 15) is 9.59 Å². The number of ether oxygens (including phenoxy) is 1. The Balaban J connectivity index is 1.48. The first-order valence-electron chi connectivity index (χ1n) is 11.3. The highest BCUT2D eigenvalue weighted by Crippen LogP contribution is 2.48. The summed E-state index contributed by atoms with van der Waals surface area (Å²) in [6.45, 7) is 0.833. The van der Waals surface area contributed by atoms with E-state index in [1.165, 1.54) is 0 Å². The van der Waals surface area contributed by atoms with Gasteiger partial charge in [-0.15, -0.1) is 0 Å². The number of hydrogen-bond donors (Lipinski definition) is 2. The summed E-state index contributed by atoms with van der Waals surface area (Å²) in [5.41, 5.74) is 12.0. The molecule has 0 saturated carbocycles. The van der Waals surface area contributed by atoms with Crippen LogP contribution in [0.5, 0.6) is 5.75 Å². The van der Waals surface area contributed by atoms with Crippen molar-refractivity contribution in [1.29, 1.82) is 0 Å². The molecule has 1 aliphatic rings. The van der Waals surface area contributed by atoms with E-state index >= 15 is 0 Å². The number of aromatic amines is 1. The van der Waals surface area contributed by atoms with E-state index < -0.39 is 5.92 Å². The summed E-state index contributed by atoms with van der Waals surface area (Å²) in [7, 11) is 3.95. The Morgan fingerprint density at radius 3 is 2.59 bits per heavy atom. The molecule has 34 heavy (non-hydrogen) atoms. The Kier molecular flexibility index (Phi) is 5.63. The van der Waals surface area contributed by atoms with Gasteiger partial charge in [-0.3, -0.25) is 9.59 Å². The number of nitrogens with one attached hydrogen (secondary N) is 1. The molecule has 0 spiro atoms. The molecule has 7 heteroatoms. The molecule has 0 fully saturated rings. The lowest BCUT2D eigenvalue weighted by Crippen LogP contribution is -2.20. The van der Waals surface area contributed by atoms with Gasteiger partial charge in [0.05, 0.1) is 17.0 Å². The number of aromatic nitrogens is 2. The second-order valence-corrected chi connectivity index (χ2v) is 8.84. The van der Waals surface area contributed by atoms with E-state index in [4.69, 9.17) is 15.5 Å². The fourth-order valence-corrected chi connectivity index (χ4v) is 4.66. The molecule has 3 aromatic carbocycles. The van der Waals surface area contributed by atoms with Crippen LogP contribution in [0.3, 0.4) is 0 Å². The van der Waals surface area contributed by atoms with Crippen LogP contribution in [0.2, 0.25) is 0 Å². The normalized spacial score (nSPS) is 14.3. The van der Waals surface area contributed by atoms with Gasteiger partial charge in [-0.1, -0.05) is 42.5 Å². The fraction of sp³-hybridized carbons (Fsp3) is 0.222. The third-order valence-corrected chi connectivity index (χ3v) is 6.16. The molecule has 1 amide bonds. The second-order valence-electron chi connectivity index (χ2n) is 8.84. The third-order valence-electron chi connectivity index (χ3n) is 6.16. The number of primary amides is 1. The summed E-state index contributed by atoms with van der Waals surface area (Å²) in [6, 6.07) is 19.1. The SMILES string of the molecule is CN(C)CCCC(=O)Oc1ccc2nc(-c3cccc4c3-c3ccccc3[C@H]4C(N)=O)[nH]c2c1. The summed E-state index contributed by atoms with van der Waals surface area (Å²) in [6.07, 6.45) is 1.11. The number of imidazole rings is 1. The van der Waals surface area contributed by atoms with Gasteiger partial charge in [-0.2, -0.15) is 0 Å². The van der Waals surface area contributed by atoms with Gasteiger partial charge in [0.2, 0.25) is 5.91 Å². The lowest BCUT2D eigenvalue weighted by atomic mass is 9.95. The van der Waals surface area contributed by atoms with Gasteiger partial charge in [0.25, 0.3) is 0 Å². The molecule has 0 radical (unpaired) electrons. The Morgan fingerprint density at radius 1 is 1.03 bits per heavy atom. The van der Waals surface area contributed by atoms with Crippen LogP contribution in [0.25, 0.3) is 33.5 Å². The molecule has 0 bridgehead atoms. The van der Waals surface area contributed by atoms with Crippen LogP contribution < -0.4 is 10.5 Å². The molecule has 172 valence electrons. The largest absolute Gasteiger partial charge is 0.426 e. The maximum absolute atomic E-state index is 12.3. The van der Waals surface area contributed by atoms with Gasteiger partial charge < -0.3 is 20.4 Å². The van der Waals surface area contributed by atoms with Crippen LogP contribution in [-0.2, 0) is 9.59 Å². The molecule has 1 aromatic heterocycles. The highest BCUT2D eigenvalue weighted by atomic mass is 16.5. The van der Waals surface area contributed by atoms with Gasteiger partial charge >= 0.3 is 5.97 Å². The van der Waals surface area contributed by atoms with Crippen LogP contribution in [0, 0.1) is 0 Å². The van der Waals surface area contributed by atoms with E-state index in [1.54, 1.807) is 12.1 Å². The summed E-state index contributed by atoms with van der Waals surface area (Å²) in [5.74, 6) is 0.0613. The molecule has 0 aliphatic heterocycles. The molecule has 0 unspecified atom stereocenters. The maximum Gasteiger partial charge on any atom is 0.311 e. The standard InChI is InChI=1S/C27H26N4O3/c1-31(2)14-6-11-23(32)34-16-12-13-21-22(15-16)30-27(29-21)20-10-5-9-19-24(20)17-7-3-4-8-18(17)25(19)26(28)33/h3-5,7-10,12-13,15,25H,6,11,14H2,1-2H3,(H2,28,33)(H,29,30)/t25-/m1/s1. The smallest absolute Gasteiger partial charge is 0.311 e. The monoisotopic (exact) mass is 454 g/mol. The second kappa shape index (κ2) is 8.76. The molecular weight excluding hydrogens is 428 g/mol. The summed E-state index contributed by atoms with van der Waals surface area (Å²) in [4.78, 5) is 34.7. The minimum Gasteiger partial charge on any atom is -0.426 e. The zero-order valence-electron chi connectivity index (χ0n) is 19.2. The minimum atomic E-state index is -0.478. The number of nitrogens with two attached hydrogens (primary N) is 1. The first-order valence-corrected chi connectivity index (χ1v) is 11.3. The average molecular weight is 455 g/mol. The van der Waals surface area contributed by atoms with E-state index in [1.807, 2.05) is 67.5 Å². The van der Waals surface area contributed by atoms with Gasteiger partial charge in [0.1, 0.15) is 11.6 Å². The van der Waals surface area contributed by atoms with Crippen molar-refractivity contribution >= 4 is 22.9 Å².